The average molecular weight is 749 g/mol. The van der Waals surface area contributed by atoms with Crippen LogP contribution in [0.3, 0.4) is 0 Å². The Hall–Kier alpha value is -4.12. The van der Waals surface area contributed by atoms with Gasteiger partial charge in [-0.2, -0.15) is 17.1 Å². The van der Waals surface area contributed by atoms with Crippen LogP contribution in [0.25, 0.3) is 27.6 Å². The molecule has 0 amide bonds. The first kappa shape index (κ1) is 29.0. The molecule has 0 saturated heterocycles. The maximum Gasteiger partial charge on any atom is 0.145 e. The summed E-state index contributed by atoms with van der Waals surface area (Å²) >= 11 is 0. The Morgan fingerprint density at radius 2 is 1.53 bits per heavy atom. The minimum atomic E-state index is 0. The van der Waals surface area contributed by atoms with E-state index in [2.05, 4.69) is 106 Å². The van der Waals surface area contributed by atoms with E-state index >= 15 is 0 Å². The Bertz CT molecular complexity index is 1940. The first-order valence-electron chi connectivity index (χ1n) is 14.3. The predicted octanol–water partition coefficient (Wildman–Crippen LogP) is 9.07. The second kappa shape index (κ2) is 11.2. The maximum atomic E-state index is 6.39. The predicted molar refractivity (Wildman–Crippen MR) is 169 cm³/mol. The van der Waals surface area contributed by atoms with Gasteiger partial charge < -0.3 is 9.30 Å². The minimum Gasteiger partial charge on any atom is -0.509 e. The number of aromatic nitrogens is 2. The van der Waals surface area contributed by atoms with Gasteiger partial charge in [0.2, 0.25) is 0 Å². The van der Waals surface area contributed by atoms with Crippen LogP contribution in [0, 0.1) is 12.1 Å². The number of pyridine rings is 1. The fourth-order valence-electron chi connectivity index (χ4n) is 5.51. The number of ether oxygens (including phenoxy) is 1. The van der Waals surface area contributed by atoms with E-state index in [9.17, 15) is 0 Å². The topological polar surface area (TPSA) is 46.3 Å². The van der Waals surface area contributed by atoms with Crippen molar-refractivity contribution >= 4 is 38.9 Å². The second-order valence-corrected chi connectivity index (χ2v) is 11.9. The summed E-state index contributed by atoms with van der Waals surface area (Å²) in [6, 6.07) is 38.0. The molecule has 220 valence electrons. The summed E-state index contributed by atoms with van der Waals surface area (Å²) < 4.78 is 8.56. The van der Waals surface area contributed by atoms with Gasteiger partial charge in [0, 0.05) is 50.0 Å². The van der Waals surface area contributed by atoms with Gasteiger partial charge in [0.1, 0.15) is 17.2 Å². The number of rotatable bonds is 5. The fourth-order valence-corrected chi connectivity index (χ4v) is 5.51. The van der Waals surface area contributed by atoms with Crippen molar-refractivity contribution in [2.45, 2.75) is 46.1 Å². The van der Waals surface area contributed by atoms with Crippen molar-refractivity contribution in [3.05, 3.63) is 115 Å². The normalized spacial score (nSPS) is 13.1. The van der Waals surface area contributed by atoms with Gasteiger partial charge in [-0.15, -0.1) is 45.8 Å². The van der Waals surface area contributed by atoms with Crippen molar-refractivity contribution < 1.29 is 30.7 Å². The monoisotopic (exact) mass is 748 g/mol. The van der Waals surface area contributed by atoms with Crippen LogP contribution in [0.15, 0.2) is 97.2 Å². The molecular formula is C36H33N4O2Pt-. The van der Waals surface area contributed by atoms with Crippen LogP contribution in [0.5, 0.6) is 11.5 Å². The number of para-hydroxylation sites is 3. The molecule has 0 aliphatic carbocycles. The molecule has 43 heavy (non-hydrogen) atoms. The van der Waals surface area contributed by atoms with Gasteiger partial charge in [0.15, 0.2) is 0 Å². The van der Waals surface area contributed by atoms with Crippen molar-refractivity contribution in [1.29, 1.82) is 0 Å². The summed E-state index contributed by atoms with van der Waals surface area (Å²) in [6.07, 6.45) is 1.89. The zero-order valence-corrected chi connectivity index (χ0v) is 27.0. The van der Waals surface area contributed by atoms with Gasteiger partial charge in [0.25, 0.3) is 0 Å². The Balaban J connectivity index is 0.00000329. The molecule has 2 aromatic heterocycles. The van der Waals surface area contributed by atoms with E-state index in [1.807, 2.05) is 52.7 Å². The minimum absolute atomic E-state index is 0. The summed E-state index contributed by atoms with van der Waals surface area (Å²) in [5, 5.41) is 6.19. The number of hydrogen-bond donors (Lipinski definition) is 0. The number of nitrogens with zero attached hydrogens (tertiary/aromatic N) is 4. The van der Waals surface area contributed by atoms with E-state index in [0.717, 1.165) is 44.7 Å². The molecule has 1 N–H and O–H groups in total. The maximum absolute atomic E-state index is 6.39. The van der Waals surface area contributed by atoms with Crippen LogP contribution in [0.4, 0.5) is 17.1 Å². The number of hydroxylamine groups is 1. The summed E-state index contributed by atoms with van der Waals surface area (Å²) in [5.41, 5.74) is 6.12. The van der Waals surface area contributed by atoms with Gasteiger partial charge in [-0.25, -0.2) is 4.98 Å². The second-order valence-electron chi connectivity index (χ2n) is 11.9. The Morgan fingerprint density at radius 1 is 0.791 bits per heavy atom. The molecular weight excluding hydrogens is 716 g/mol. The molecule has 0 fully saturated rings. The fraction of sp³-hybridized carbons (Fsp3) is 0.194. The van der Waals surface area contributed by atoms with Gasteiger partial charge in [-0.05, 0) is 60.5 Å². The van der Waals surface area contributed by atoms with E-state index < -0.39 is 0 Å². The number of fused-ring (bicyclic) bond motifs is 4. The van der Waals surface area contributed by atoms with Crippen molar-refractivity contribution in [3.63, 3.8) is 0 Å². The molecule has 1 aliphatic rings. The molecule has 1 aliphatic heterocycles. The first-order valence-corrected chi connectivity index (χ1v) is 14.3. The molecule has 4 aromatic carbocycles. The zero-order chi connectivity index (χ0) is 29.0. The summed E-state index contributed by atoms with van der Waals surface area (Å²) in [7, 11) is 0. The van der Waals surface area contributed by atoms with Crippen LogP contribution >= 0.6 is 0 Å². The molecule has 0 radical (unpaired) electrons. The number of benzene rings is 4. The van der Waals surface area contributed by atoms with E-state index in [1.165, 1.54) is 5.56 Å². The van der Waals surface area contributed by atoms with Crippen molar-refractivity contribution in [1.82, 2.24) is 9.55 Å². The summed E-state index contributed by atoms with van der Waals surface area (Å²) in [6.45, 7) is 10.9. The Morgan fingerprint density at radius 3 is 2.33 bits per heavy atom. The Kier molecular flexibility index (Phi) is 7.53. The number of hydrogen-bond acceptors (Lipinski definition) is 4. The SMILES string of the molecule is CC(C)N1[OH+]N(c2[c-]c(Oc3[c-]c4c(cc3)c3ccccc3n4-c3cc(C(C)(C)C)ccn3)ccc2)c2ccccc21.[Pt]. The quantitative estimate of drug-likeness (QED) is 0.131. The van der Waals surface area contributed by atoms with Gasteiger partial charge in [-0.3, -0.25) is 0 Å². The van der Waals surface area contributed by atoms with Crippen molar-refractivity contribution in [2.24, 2.45) is 0 Å². The largest absolute Gasteiger partial charge is 0.509 e. The molecule has 0 atom stereocenters. The van der Waals surface area contributed by atoms with Gasteiger partial charge in [-0.1, -0.05) is 56.6 Å². The van der Waals surface area contributed by atoms with Crippen LogP contribution < -0.4 is 14.9 Å². The van der Waals surface area contributed by atoms with E-state index in [4.69, 9.17) is 14.7 Å². The van der Waals surface area contributed by atoms with E-state index in [-0.39, 0.29) is 32.5 Å². The third kappa shape index (κ3) is 5.20. The molecule has 0 unspecified atom stereocenters. The standard InChI is InChI=1S/C36H32N4O2.Pt/c1-24(2)39-32-15-8-9-16-33(32)40(42-39)26-11-10-12-27(22-26)41-28-17-18-30-29-13-6-7-14-31(29)38(34(30)23-28)35-21-25(19-20-37-35)36(3,4)5;/h6-21,24H,1-5H3;/q-2;/p+1. The molecule has 7 rings (SSSR count). The molecule has 0 bridgehead atoms. The van der Waals surface area contributed by atoms with Crippen LogP contribution in [0.2, 0.25) is 0 Å². The van der Waals surface area contributed by atoms with E-state index in [1.54, 1.807) is 0 Å². The van der Waals surface area contributed by atoms with Crippen molar-refractivity contribution in [3.8, 4) is 17.3 Å². The number of anilines is 3. The third-order valence-electron chi connectivity index (χ3n) is 7.63. The molecule has 7 heteroatoms. The Labute approximate surface area is 266 Å². The average Bonchev–Trinajstić information content (AvgIpc) is 3.53. The first-order chi connectivity index (χ1) is 20.3. The summed E-state index contributed by atoms with van der Waals surface area (Å²) in [5.74, 6) is 2.06. The molecule has 6 nitrogen and oxygen atoms in total. The third-order valence-corrected chi connectivity index (χ3v) is 7.63. The smallest absolute Gasteiger partial charge is 0.145 e. The van der Waals surface area contributed by atoms with Gasteiger partial charge in [0.05, 0.1) is 6.04 Å². The summed E-state index contributed by atoms with van der Waals surface area (Å²) in [4.78, 5) is 9.65. The van der Waals surface area contributed by atoms with Crippen LogP contribution in [-0.4, -0.2) is 20.5 Å². The zero-order valence-electron chi connectivity index (χ0n) is 24.8. The molecule has 0 spiro atoms. The molecule has 6 aromatic rings. The van der Waals surface area contributed by atoms with E-state index in [0.29, 0.717) is 11.5 Å². The van der Waals surface area contributed by atoms with Crippen molar-refractivity contribution in [2.75, 3.05) is 10.1 Å². The molecule has 0 saturated carbocycles. The van der Waals surface area contributed by atoms with Crippen LogP contribution in [0.1, 0.15) is 40.2 Å². The van der Waals surface area contributed by atoms with Gasteiger partial charge >= 0.3 is 0 Å². The molecule has 3 heterocycles. The van der Waals surface area contributed by atoms with Crippen LogP contribution in [-0.2, 0) is 26.5 Å².